The van der Waals surface area contributed by atoms with Crippen molar-refractivity contribution < 1.29 is 19.1 Å². The van der Waals surface area contributed by atoms with Crippen molar-refractivity contribution in [3.05, 3.63) is 75.6 Å². The Morgan fingerprint density at radius 1 is 1.03 bits per heavy atom. The van der Waals surface area contributed by atoms with Crippen LogP contribution in [0.1, 0.15) is 26.3 Å². The summed E-state index contributed by atoms with van der Waals surface area (Å²) >= 11 is 0. The molecule has 2 N–H and O–H groups in total. The van der Waals surface area contributed by atoms with Gasteiger partial charge in [-0.05, 0) is 36.4 Å². The first-order valence-corrected chi connectivity index (χ1v) is 8.90. The summed E-state index contributed by atoms with van der Waals surface area (Å²) in [6.07, 6.45) is 0. The van der Waals surface area contributed by atoms with Gasteiger partial charge in [0.2, 0.25) is 5.91 Å². The second kappa shape index (κ2) is 7.23. The summed E-state index contributed by atoms with van der Waals surface area (Å²) in [5.74, 6) is -0.900. The van der Waals surface area contributed by atoms with Crippen LogP contribution in [0.2, 0.25) is 0 Å². The fraction of sp³-hybridized carbons (Fsp3) is 0.143. The van der Waals surface area contributed by atoms with Gasteiger partial charge < -0.3 is 15.0 Å². The topological polar surface area (TPSA) is 109 Å². The van der Waals surface area contributed by atoms with E-state index in [9.17, 15) is 19.2 Å². The summed E-state index contributed by atoms with van der Waals surface area (Å²) in [5.41, 5.74) is 1.23. The van der Waals surface area contributed by atoms with Crippen LogP contribution in [0.5, 0.6) is 5.75 Å². The molecule has 0 bridgehead atoms. The number of amides is 3. The molecule has 3 aromatic rings. The van der Waals surface area contributed by atoms with Gasteiger partial charge in [-0.15, -0.1) is 0 Å². The van der Waals surface area contributed by atoms with Crippen LogP contribution in [0.15, 0.2) is 53.3 Å². The van der Waals surface area contributed by atoms with Crippen molar-refractivity contribution >= 4 is 28.6 Å². The molecule has 0 spiro atoms. The van der Waals surface area contributed by atoms with E-state index in [0.29, 0.717) is 16.8 Å². The third-order valence-corrected chi connectivity index (χ3v) is 4.78. The van der Waals surface area contributed by atoms with Crippen LogP contribution in [0, 0.1) is 0 Å². The molecule has 1 aliphatic heterocycles. The number of imide groups is 1. The molecule has 8 nitrogen and oxygen atoms in total. The Morgan fingerprint density at radius 2 is 1.72 bits per heavy atom. The second-order valence-electron chi connectivity index (χ2n) is 6.60. The number of carbonyl (C=O) groups excluding carboxylic acids is 3. The Kier molecular flexibility index (Phi) is 4.59. The Bertz CT molecular complexity index is 1180. The van der Waals surface area contributed by atoms with Crippen LogP contribution in [0.4, 0.5) is 0 Å². The van der Waals surface area contributed by atoms with E-state index in [1.165, 1.54) is 0 Å². The molecule has 0 radical (unpaired) electrons. The highest BCUT2D eigenvalue weighted by Crippen LogP contribution is 2.22. The molecule has 0 fully saturated rings. The lowest BCUT2D eigenvalue weighted by Crippen LogP contribution is -2.40. The van der Waals surface area contributed by atoms with E-state index in [-0.39, 0.29) is 23.2 Å². The van der Waals surface area contributed by atoms with Gasteiger partial charge in [-0.3, -0.25) is 24.1 Å². The zero-order valence-corrected chi connectivity index (χ0v) is 15.5. The van der Waals surface area contributed by atoms with Crippen molar-refractivity contribution in [2.75, 3.05) is 13.7 Å². The van der Waals surface area contributed by atoms with Gasteiger partial charge in [-0.1, -0.05) is 12.1 Å². The van der Waals surface area contributed by atoms with Crippen molar-refractivity contribution in [2.45, 2.75) is 6.54 Å². The monoisotopic (exact) mass is 391 g/mol. The smallest absolute Gasteiger partial charge is 0.262 e. The molecule has 1 aromatic heterocycles. The van der Waals surface area contributed by atoms with Crippen LogP contribution in [0.25, 0.3) is 10.9 Å². The lowest BCUT2D eigenvalue weighted by atomic mass is 10.1. The third-order valence-electron chi connectivity index (χ3n) is 4.78. The fourth-order valence-corrected chi connectivity index (χ4v) is 3.26. The lowest BCUT2D eigenvalue weighted by molar-refractivity contribution is -0.121. The zero-order valence-electron chi connectivity index (χ0n) is 15.5. The van der Waals surface area contributed by atoms with Crippen LogP contribution >= 0.6 is 0 Å². The van der Waals surface area contributed by atoms with Crippen LogP contribution in [0.3, 0.4) is 0 Å². The summed E-state index contributed by atoms with van der Waals surface area (Å²) in [5, 5.41) is 3.35. The predicted octanol–water partition coefficient (Wildman–Crippen LogP) is 1.45. The SMILES string of the molecule is COc1ccc2[nH]c(=O)c(CNC(=O)CN3C(=O)c4ccccc4C3=O)cc2c1. The number of hydrogen-bond donors (Lipinski definition) is 2. The lowest BCUT2D eigenvalue weighted by Gasteiger charge is -2.13. The number of nitrogens with one attached hydrogen (secondary N) is 2. The standard InChI is InChI=1S/C21H17N3O5/c1-29-14-6-7-17-12(9-14)8-13(19(26)23-17)10-22-18(25)11-24-20(27)15-4-2-3-5-16(15)21(24)28/h2-9H,10-11H2,1H3,(H,22,25)(H,23,26). The Balaban J connectivity index is 1.46. The molecule has 2 heterocycles. The highest BCUT2D eigenvalue weighted by Gasteiger charge is 2.36. The van der Waals surface area contributed by atoms with Crippen molar-refractivity contribution in [1.29, 1.82) is 0 Å². The summed E-state index contributed by atoms with van der Waals surface area (Å²) < 4.78 is 5.18. The fourth-order valence-electron chi connectivity index (χ4n) is 3.26. The average molecular weight is 391 g/mol. The van der Waals surface area contributed by atoms with E-state index in [0.717, 1.165) is 10.3 Å². The maximum atomic E-state index is 12.3. The van der Waals surface area contributed by atoms with Crippen molar-refractivity contribution in [1.82, 2.24) is 15.2 Å². The van der Waals surface area contributed by atoms with Crippen LogP contribution in [-0.4, -0.2) is 41.3 Å². The number of hydrogen-bond acceptors (Lipinski definition) is 5. The molecule has 0 saturated heterocycles. The molecule has 0 saturated carbocycles. The summed E-state index contributed by atoms with van der Waals surface area (Å²) in [6, 6.07) is 13.3. The molecule has 2 aromatic carbocycles. The third kappa shape index (κ3) is 3.36. The Hall–Kier alpha value is -3.94. The van der Waals surface area contributed by atoms with E-state index in [1.54, 1.807) is 55.6 Å². The predicted molar refractivity (Wildman–Crippen MR) is 105 cm³/mol. The number of fused-ring (bicyclic) bond motifs is 2. The van der Waals surface area contributed by atoms with Gasteiger partial charge in [0, 0.05) is 23.0 Å². The number of ether oxygens (including phenoxy) is 1. The largest absolute Gasteiger partial charge is 0.497 e. The van der Waals surface area contributed by atoms with Gasteiger partial charge in [0.1, 0.15) is 12.3 Å². The molecule has 8 heteroatoms. The van der Waals surface area contributed by atoms with Gasteiger partial charge in [0.05, 0.1) is 18.2 Å². The molecule has 1 aliphatic rings. The number of H-pyrrole nitrogens is 1. The zero-order chi connectivity index (χ0) is 20.5. The Morgan fingerprint density at radius 3 is 2.38 bits per heavy atom. The van der Waals surface area contributed by atoms with Gasteiger partial charge >= 0.3 is 0 Å². The van der Waals surface area contributed by atoms with Gasteiger partial charge in [-0.2, -0.15) is 0 Å². The molecule has 0 unspecified atom stereocenters. The van der Waals surface area contributed by atoms with Crippen LogP contribution in [-0.2, 0) is 11.3 Å². The van der Waals surface area contributed by atoms with Crippen molar-refractivity contribution in [2.24, 2.45) is 0 Å². The number of pyridine rings is 1. The highest BCUT2D eigenvalue weighted by atomic mass is 16.5. The van der Waals surface area contributed by atoms with E-state index >= 15 is 0 Å². The normalized spacial score (nSPS) is 12.9. The van der Waals surface area contributed by atoms with Gasteiger partial charge in [0.25, 0.3) is 17.4 Å². The van der Waals surface area contributed by atoms with Gasteiger partial charge in [0.15, 0.2) is 0 Å². The van der Waals surface area contributed by atoms with E-state index in [2.05, 4.69) is 10.3 Å². The number of benzene rings is 2. The molecule has 29 heavy (non-hydrogen) atoms. The van der Waals surface area contributed by atoms with E-state index in [4.69, 9.17) is 4.74 Å². The second-order valence-corrected chi connectivity index (χ2v) is 6.60. The summed E-state index contributed by atoms with van der Waals surface area (Å²) in [7, 11) is 1.55. The Labute approximate surface area is 165 Å². The quantitative estimate of drug-likeness (QED) is 0.640. The van der Waals surface area contributed by atoms with E-state index < -0.39 is 24.3 Å². The van der Waals surface area contributed by atoms with Crippen LogP contribution < -0.4 is 15.6 Å². The first-order chi connectivity index (χ1) is 14.0. The van der Waals surface area contributed by atoms with Crippen molar-refractivity contribution in [3.8, 4) is 5.75 Å². The number of rotatable bonds is 5. The molecule has 0 aliphatic carbocycles. The maximum absolute atomic E-state index is 12.3. The average Bonchev–Trinajstić information content (AvgIpc) is 2.97. The minimum Gasteiger partial charge on any atom is -0.497 e. The van der Waals surface area contributed by atoms with E-state index in [1.807, 2.05) is 0 Å². The molecule has 3 amide bonds. The molecule has 4 rings (SSSR count). The number of carbonyl (C=O) groups is 3. The first kappa shape index (κ1) is 18.4. The number of nitrogens with zero attached hydrogens (tertiary/aromatic N) is 1. The minimum atomic E-state index is -0.537. The number of methoxy groups -OCH3 is 1. The molecule has 0 atom stereocenters. The minimum absolute atomic E-state index is 0.0372. The molecule has 146 valence electrons. The maximum Gasteiger partial charge on any atom is 0.262 e. The first-order valence-electron chi connectivity index (χ1n) is 8.90. The highest BCUT2D eigenvalue weighted by molar-refractivity contribution is 6.22. The van der Waals surface area contributed by atoms with Gasteiger partial charge in [-0.25, -0.2) is 0 Å². The summed E-state index contributed by atoms with van der Waals surface area (Å²) in [6.45, 7) is -0.448. The van der Waals surface area contributed by atoms with Crippen molar-refractivity contribution in [3.63, 3.8) is 0 Å². The summed E-state index contributed by atoms with van der Waals surface area (Å²) in [4.78, 5) is 52.9. The molecular formula is C21H17N3O5. The molecular weight excluding hydrogens is 374 g/mol. The number of aromatic nitrogens is 1. The number of aromatic amines is 1.